The average molecular weight is 377 g/mol. The molecule has 1 fully saturated rings. The van der Waals surface area contributed by atoms with Crippen LogP contribution in [0.15, 0.2) is 35.2 Å². The van der Waals surface area contributed by atoms with E-state index < -0.39 is 10.0 Å². The van der Waals surface area contributed by atoms with Gasteiger partial charge >= 0.3 is 0 Å². The van der Waals surface area contributed by atoms with Crippen molar-refractivity contribution >= 4 is 21.6 Å². The summed E-state index contributed by atoms with van der Waals surface area (Å²) in [5.41, 5.74) is 1.78. The molecule has 0 bridgehead atoms. The molecule has 0 atom stereocenters. The van der Waals surface area contributed by atoms with Crippen molar-refractivity contribution in [3.63, 3.8) is 0 Å². The number of carbonyl (C=O) groups excluding carboxylic acids is 1. The summed E-state index contributed by atoms with van der Waals surface area (Å²) in [5.74, 6) is -0.103. The van der Waals surface area contributed by atoms with Gasteiger partial charge < -0.3 is 5.32 Å². The number of H-pyrrole nitrogens is 1. The number of hydrogen-bond donors (Lipinski definition) is 2. The standard InChI is InChI=1S/C17H23N5O3S/c1-13-17(14(2)20-19-13)26(24,25)22-10-8-21(9-11-22)12-16(23)18-15-6-4-3-5-7-15/h3-7H,8-12H2,1-2H3,(H,18,23)(H,19,20). The zero-order chi connectivity index (χ0) is 18.7. The predicted molar refractivity (Wildman–Crippen MR) is 98.3 cm³/mol. The Morgan fingerprint density at radius 3 is 2.38 bits per heavy atom. The van der Waals surface area contributed by atoms with Crippen LogP contribution >= 0.6 is 0 Å². The van der Waals surface area contributed by atoms with Crippen LogP contribution in [0.5, 0.6) is 0 Å². The van der Waals surface area contributed by atoms with Gasteiger partial charge in [0.25, 0.3) is 0 Å². The van der Waals surface area contributed by atoms with Gasteiger partial charge in [-0.25, -0.2) is 8.42 Å². The maximum atomic E-state index is 12.8. The van der Waals surface area contributed by atoms with Gasteiger partial charge in [-0.15, -0.1) is 0 Å². The first-order chi connectivity index (χ1) is 12.4. The van der Waals surface area contributed by atoms with Crippen molar-refractivity contribution in [1.29, 1.82) is 0 Å². The van der Waals surface area contributed by atoms with Crippen molar-refractivity contribution < 1.29 is 13.2 Å². The Labute approximate surface area is 153 Å². The molecule has 1 aromatic carbocycles. The maximum absolute atomic E-state index is 12.8. The fourth-order valence-corrected chi connectivity index (χ4v) is 4.86. The molecule has 1 aromatic heterocycles. The molecule has 26 heavy (non-hydrogen) atoms. The number of aromatic nitrogens is 2. The molecule has 2 N–H and O–H groups in total. The molecule has 1 saturated heterocycles. The third kappa shape index (κ3) is 3.95. The molecule has 1 aliphatic heterocycles. The summed E-state index contributed by atoms with van der Waals surface area (Å²) in [6.45, 7) is 5.36. The Bertz CT molecular complexity index is 852. The minimum Gasteiger partial charge on any atom is -0.325 e. The van der Waals surface area contributed by atoms with E-state index >= 15 is 0 Å². The topological polar surface area (TPSA) is 98.4 Å². The third-order valence-electron chi connectivity index (χ3n) is 4.41. The van der Waals surface area contributed by atoms with E-state index in [1.165, 1.54) is 4.31 Å². The number of para-hydroxylation sites is 1. The Balaban J connectivity index is 1.57. The number of aromatic amines is 1. The van der Waals surface area contributed by atoms with Crippen molar-refractivity contribution in [2.45, 2.75) is 18.7 Å². The predicted octanol–water partition coefficient (Wildman–Crippen LogP) is 0.972. The number of amides is 1. The SMILES string of the molecule is Cc1n[nH]c(C)c1S(=O)(=O)N1CCN(CC(=O)Nc2ccccc2)CC1. The van der Waals surface area contributed by atoms with E-state index in [2.05, 4.69) is 15.5 Å². The van der Waals surface area contributed by atoms with Crippen molar-refractivity contribution in [2.24, 2.45) is 0 Å². The van der Waals surface area contributed by atoms with Crippen molar-refractivity contribution in [2.75, 3.05) is 38.0 Å². The molecule has 2 heterocycles. The van der Waals surface area contributed by atoms with E-state index in [-0.39, 0.29) is 17.3 Å². The van der Waals surface area contributed by atoms with Gasteiger partial charge in [0, 0.05) is 31.9 Å². The van der Waals surface area contributed by atoms with Crippen molar-refractivity contribution in [3.8, 4) is 0 Å². The highest BCUT2D eigenvalue weighted by Gasteiger charge is 2.32. The molecule has 3 rings (SSSR count). The van der Waals surface area contributed by atoms with Gasteiger partial charge in [0.1, 0.15) is 4.90 Å². The van der Waals surface area contributed by atoms with Crippen LogP contribution in [-0.2, 0) is 14.8 Å². The lowest BCUT2D eigenvalue weighted by Gasteiger charge is -2.33. The Morgan fingerprint density at radius 1 is 1.15 bits per heavy atom. The summed E-state index contributed by atoms with van der Waals surface area (Å²) in [6, 6.07) is 9.27. The Kier molecular flexibility index (Phi) is 5.40. The van der Waals surface area contributed by atoms with Gasteiger partial charge in [0.05, 0.1) is 17.9 Å². The lowest BCUT2D eigenvalue weighted by atomic mass is 10.3. The zero-order valence-corrected chi connectivity index (χ0v) is 15.7. The normalized spacial score (nSPS) is 16.5. The van der Waals surface area contributed by atoms with E-state index in [0.29, 0.717) is 37.6 Å². The number of sulfonamides is 1. The van der Waals surface area contributed by atoms with Crippen LogP contribution in [0.25, 0.3) is 0 Å². The molecule has 9 heteroatoms. The number of nitrogens with one attached hydrogen (secondary N) is 2. The fourth-order valence-electron chi connectivity index (χ4n) is 3.10. The van der Waals surface area contributed by atoms with Gasteiger partial charge in [-0.1, -0.05) is 18.2 Å². The number of aryl methyl sites for hydroxylation is 2. The molecule has 8 nitrogen and oxygen atoms in total. The second-order valence-corrected chi connectivity index (χ2v) is 8.23. The number of rotatable bonds is 5. The van der Waals surface area contributed by atoms with Crippen molar-refractivity contribution in [3.05, 3.63) is 41.7 Å². The highest BCUT2D eigenvalue weighted by molar-refractivity contribution is 7.89. The van der Waals surface area contributed by atoms with E-state index in [0.717, 1.165) is 5.69 Å². The minimum atomic E-state index is -3.57. The number of carbonyl (C=O) groups is 1. The lowest BCUT2D eigenvalue weighted by Crippen LogP contribution is -2.50. The van der Waals surface area contributed by atoms with E-state index in [4.69, 9.17) is 0 Å². The van der Waals surface area contributed by atoms with E-state index in [1.807, 2.05) is 35.2 Å². The maximum Gasteiger partial charge on any atom is 0.246 e. The summed E-state index contributed by atoms with van der Waals surface area (Å²) < 4.78 is 27.1. The van der Waals surface area contributed by atoms with Gasteiger partial charge in [-0.2, -0.15) is 9.40 Å². The first-order valence-electron chi connectivity index (χ1n) is 8.47. The van der Waals surface area contributed by atoms with Crippen LogP contribution in [0.4, 0.5) is 5.69 Å². The van der Waals surface area contributed by atoms with Crippen LogP contribution in [0.3, 0.4) is 0 Å². The number of anilines is 1. The monoisotopic (exact) mass is 377 g/mol. The highest BCUT2D eigenvalue weighted by atomic mass is 32.2. The summed E-state index contributed by atoms with van der Waals surface area (Å²) in [7, 11) is -3.57. The molecule has 2 aromatic rings. The molecule has 1 aliphatic rings. The Morgan fingerprint density at radius 2 is 1.81 bits per heavy atom. The molecule has 140 valence electrons. The second kappa shape index (κ2) is 7.56. The smallest absolute Gasteiger partial charge is 0.246 e. The van der Waals surface area contributed by atoms with Gasteiger partial charge in [-0.05, 0) is 26.0 Å². The van der Waals surface area contributed by atoms with E-state index in [9.17, 15) is 13.2 Å². The molecule has 0 radical (unpaired) electrons. The van der Waals surface area contributed by atoms with Gasteiger partial charge in [0.15, 0.2) is 0 Å². The van der Waals surface area contributed by atoms with Gasteiger partial charge in [-0.3, -0.25) is 14.8 Å². The quantitative estimate of drug-likeness (QED) is 0.809. The highest BCUT2D eigenvalue weighted by Crippen LogP contribution is 2.22. The average Bonchev–Trinajstić information content (AvgIpc) is 2.95. The van der Waals surface area contributed by atoms with Crippen LogP contribution in [0.1, 0.15) is 11.4 Å². The van der Waals surface area contributed by atoms with Crippen LogP contribution < -0.4 is 5.32 Å². The molecule has 0 unspecified atom stereocenters. The summed E-state index contributed by atoms with van der Waals surface area (Å²) in [5, 5.41) is 9.54. The summed E-state index contributed by atoms with van der Waals surface area (Å²) in [6.07, 6.45) is 0. The number of benzene rings is 1. The molecule has 1 amide bonds. The van der Waals surface area contributed by atoms with Crippen LogP contribution in [0, 0.1) is 13.8 Å². The van der Waals surface area contributed by atoms with Crippen LogP contribution in [0.2, 0.25) is 0 Å². The molecular weight excluding hydrogens is 354 g/mol. The fraction of sp³-hybridized carbons (Fsp3) is 0.412. The molecule has 0 spiro atoms. The van der Waals surface area contributed by atoms with Gasteiger partial charge in [0.2, 0.25) is 15.9 Å². The number of piperazine rings is 1. The Hall–Kier alpha value is -2.23. The minimum absolute atomic E-state index is 0.103. The first kappa shape index (κ1) is 18.6. The summed E-state index contributed by atoms with van der Waals surface area (Å²) >= 11 is 0. The zero-order valence-electron chi connectivity index (χ0n) is 14.9. The van der Waals surface area contributed by atoms with Crippen molar-refractivity contribution in [1.82, 2.24) is 19.4 Å². The lowest BCUT2D eigenvalue weighted by molar-refractivity contribution is -0.117. The number of hydrogen-bond acceptors (Lipinski definition) is 5. The molecular formula is C17H23N5O3S. The largest absolute Gasteiger partial charge is 0.325 e. The summed E-state index contributed by atoms with van der Waals surface area (Å²) in [4.78, 5) is 14.4. The van der Waals surface area contributed by atoms with Crippen LogP contribution in [-0.4, -0.2) is 66.5 Å². The van der Waals surface area contributed by atoms with E-state index in [1.54, 1.807) is 13.8 Å². The number of nitrogens with zero attached hydrogens (tertiary/aromatic N) is 3. The first-order valence-corrected chi connectivity index (χ1v) is 9.91. The molecule has 0 saturated carbocycles. The second-order valence-electron chi connectivity index (χ2n) is 6.36. The third-order valence-corrected chi connectivity index (χ3v) is 6.58. The molecule has 0 aliphatic carbocycles.